The van der Waals surface area contributed by atoms with Gasteiger partial charge >= 0.3 is 5.97 Å². The Morgan fingerprint density at radius 2 is 1.68 bits per heavy atom. The topological polar surface area (TPSA) is 45.9 Å². The van der Waals surface area contributed by atoms with E-state index in [0.717, 1.165) is 42.7 Å². The number of fused-ring (bicyclic) bond motifs is 1. The van der Waals surface area contributed by atoms with Crippen molar-refractivity contribution in [3.05, 3.63) is 65.9 Å². The van der Waals surface area contributed by atoms with Crippen LogP contribution in [0.1, 0.15) is 23.0 Å². The largest absolute Gasteiger partial charge is 1.00 e. The zero-order chi connectivity index (χ0) is 18.6. The maximum Gasteiger partial charge on any atom is 0.374 e. The number of halogens is 1. The summed E-state index contributed by atoms with van der Waals surface area (Å²) < 4.78 is 11.0. The molecule has 1 fully saturated rings. The Kier molecular flexibility index (Phi) is 6.60. The summed E-state index contributed by atoms with van der Waals surface area (Å²) in [6.07, 6.45) is 0. The van der Waals surface area contributed by atoms with Gasteiger partial charge in [0.2, 0.25) is 5.76 Å². The molecule has 1 aliphatic rings. The van der Waals surface area contributed by atoms with Crippen LogP contribution in [0.3, 0.4) is 0 Å². The molecule has 2 heterocycles. The molecule has 0 N–H and O–H groups in total. The van der Waals surface area contributed by atoms with Crippen LogP contribution >= 0.6 is 0 Å². The number of piperazine rings is 1. The third-order valence-corrected chi connectivity index (χ3v) is 5.03. The minimum Gasteiger partial charge on any atom is -1.00 e. The number of ether oxygens (including phenoxy) is 1. The Balaban J connectivity index is 0.00000225. The Hall–Kier alpha value is -2.50. The predicted molar refractivity (Wildman–Crippen MR) is 106 cm³/mol. The van der Waals surface area contributed by atoms with E-state index < -0.39 is 0 Å². The second-order valence-electron chi connectivity index (χ2n) is 6.73. The fourth-order valence-electron chi connectivity index (χ4n) is 3.64. The predicted octanol–water partition coefficient (Wildman–Crippen LogP) is 0.936. The third kappa shape index (κ3) is 4.16. The fraction of sp³-hybridized carbons (Fsp3) is 0.318. The minimum atomic E-state index is -0.383. The Morgan fingerprint density at radius 1 is 1.00 bits per heavy atom. The number of esters is 1. The summed E-state index contributed by atoms with van der Waals surface area (Å²) >= 11 is 0. The van der Waals surface area contributed by atoms with Crippen LogP contribution in [0, 0.1) is 0 Å². The lowest BCUT2D eigenvalue weighted by Gasteiger charge is -2.36. The highest BCUT2D eigenvalue weighted by Gasteiger charge is 2.25. The van der Waals surface area contributed by atoms with Crippen LogP contribution in [0.25, 0.3) is 11.0 Å². The lowest BCUT2D eigenvalue weighted by atomic mass is 10.1. The van der Waals surface area contributed by atoms with Gasteiger partial charge in [0.15, 0.2) is 0 Å². The van der Waals surface area contributed by atoms with Gasteiger partial charge in [-0.1, -0.05) is 36.4 Å². The standard InChI is InChI=1S/C22H24N2O3.ClH/c1-2-26-22(25)21-19(18-10-6-7-11-20(18)27-21)16-23-12-14-24(15-13-23)17-8-4-3-5-9-17;/h3-11H,2,12-16H2,1H3;1H/p-1. The SMILES string of the molecule is CCOC(=O)c1oc2ccccc2c1CN1CCN(c2ccccc2)CC1.[Cl-]. The number of anilines is 1. The van der Waals surface area contributed by atoms with E-state index >= 15 is 0 Å². The second-order valence-corrected chi connectivity index (χ2v) is 6.73. The van der Waals surface area contributed by atoms with Crippen LogP contribution in [-0.2, 0) is 11.3 Å². The number of benzene rings is 2. The average Bonchev–Trinajstić information content (AvgIpc) is 3.08. The third-order valence-electron chi connectivity index (χ3n) is 5.03. The second kappa shape index (κ2) is 9.13. The van der Waals surface area contributed by atoms with Crippen molar-refractivity contribution in [1.82, 2.24) is 4.90 Å². The van der Waals surface area contributed by atoms with Gasteiger partial charge in [-0.3, -0.25) is 4.90 Å². The first kappa shape index (κ1) is 20.2. The molecule has 1 saturated heterocycles. The summed E-state index contributed by atoms with van der Waals surface area (Å²) in [6, 6.07) is 18.3. The van der Waals surface area contributed by atoms with E-state index in [-0.39, 0.29) is 18.4 Å². The Labute approximate surface area is 171 Å². The van der Waals surface area contributed by atoms with E-state index in [1.165, 1.54) is 5.69 Å². The number of furan rings is 1. The van der Waals surface area contributed by atoms with Crippen LogP contribution in [-0.4, -0.2) is 43.7 Å². The number of carbonyl (C=O) groups excluding carboxylic acids is 1. The van der Waals surface area contributed by atoms with Gasteiger partial charge in [0.05, 0.1) is 6.61 Å². The van der Waals surface area contributed by atoms with Crippen LogP contribution < -0.4 is 17.3 Å². The lowest BCUT2D eigenvalue weighted by Crippen LogP contribution is -3.00. The number of hydrogen-bond acceptors (Lipinski definition) is 5. The smallest absolute Gasteiger partial charge is 0.374 e. The molecule has 0 unspecified atom stereocenters. The van der Waals surface area contributed by atoms with Crippen LogP contribution in [0.15, 0.2) is 59.0 Å². The van der Waals surface area contributed by atoms with Gasteiger partial charge in [0, 0.05) is 49.4 Å². The molecule has 1 aliphatic heterocycles. The minimum absolute atomic E-state index is 0. The number of hydrogen-bond donors (Lipinski definition) is 0. The van der Waals surface area contributed by atoms with Crippen molar-refractivity contribution >= 4 is 22.6 Å². The molecule has 0 radical (unpaired) electrons. The highest BCUT2D eigenvalue weighted by atomic mass is 35.5. The lowest BCUT2D eigenvalue weighted by molar-refractivity contribution is -0.0000236. The highest BCUT2D eigenvalue weighted by Crippen LogP contribution is 2.28. The van der Waals surface area contributed by atoms with Crippen molar-refractivity contribution in [2.45, 2.75) is 13.5 Å². The molecule has 0 aliphatic carbocycles. The first-order chi connectivity index (χ1) is 13.3. The first-order valence-corrected chi connectivity index (χ1v) is 9.46. The molecule has 28 heavy (non-hydrogen) atoms. The van der Waals surface area contributed by atoms with E-state index in [2.05, 4.69) is 34.1 Å². The number of nitrogens with zero attached hydrogens (tertiary/aromatic N) is 2. The van der Waals surface area contributed by atoms with E-state index in [1.807, 2.05) is 37.3 Å². The molecular formula is C22H24ClN2O3-. The molecule has 148 valence electrons. The average molecular weight is 400 g/mol. The molecule has 0 saturated carbocycles. The van der Waals surface area contributed by atoms with E-state index in [4.69, 9.17) is 9.15 Å². The van der Waals surface area contributed by atoms with E-state index in [1.54, 1.807) is 0 Å². The summed E-state index contributed by atoms with van der Waals surface area (Å²) in [5.74, 6) is -0.0461. The fourth-order valence-corrected chi connectivity index (χ4v) is 3.64. The van der Waals surface area contributed by atoms with Crippen molar-refractivity contribution in [1.29, 1.82) is 0 Å². The summed E-state index contributed by atoms with van der Waals surface area (Å²) in [5.41, 5.74) is 2.92. The van der Waals surface area contributed by atoms with Gasteiger partial charge in [-0.05, 0) is 25.1 Å². The quantitative estimate of drug-likeness (QED) is 0.597. The van der Waals surface area contributed by atoms with Crippen LogP contribution in [0.2, 0.25) is 0 Å². The first-order valence-electron chi connectivity index (χ1n) is 9.46. The van der Waals surface area contributed by atoms with E-state index in [0.29, 0.717) is 18.9 Å². The molecule has 3 aromatic rings. The molecule has 0 spiro atoms. The van der Waals surface area contributed by atoms with Crippen molar-refractivity contribution in [3.63, 3.8) is 0 Å². The molecule has 5 nitrogen and oxygen atoms in total. The number of rotatable bonds is 5. The van der Waals surface area contributed by atoms with Gasteiger partial charge in [-0.15, -0.1) is 0 Å². The summed E-state index contributed by atoms with van der Waals surface area (Å²) in [4.78, 5) is 17.1. The molecule has 1 aromatic heterocycles. The van der Waals surface area contributed by atoms with Gasteiger partial charge in [-0.2, -0.15) is 0 Å². The molecule has 0 bridgehead atoms. The maximum atomic E-state index is 12.4. The van der Waals surface area contributed by atoms with Gasteiger partial charge in [0.25, 0.3) is 0 Å². The monoisotopic (exact) mass is 399 g/mol. The normalized spacial score (nSPS) is 14.7. The maximum absolute atomic E-state index is 12.4. The van der Waals surface area contributed by atoms with Crippen molar-refractivity contribution < 1.29 is 26.4 Å². The summed E-state index contributed by atoms with van der Waals surface area (Å²) in [5, 5.41) is 0.992. The van der Waals surface area contributed by atoms with Crippen molar-refractivity contribution in [3.8, 4) is 0 Å². The van der Waals surface area contributed by atoms with Gasteiger partial charge in [0.1, 0.15) is 5.58 Å². The Morgan fingerprint density at radius 3 is 2.39 bits per heavy atom. The summed E-state index contributed by atoms with van der Waals surface area (Å²) in [7, 11) is 0. The van der Waals surface area contributed by atoms with Gasteiger partial charge < -0.3 is 26.5 Å². The van der Waals surface area contributed by atoms with Crippen LogP contribution in [0.4, 0.5) is 5.69 Å². The zero-order valence-corrected chi connectivity index (χ0v) is 16.7. The van der Waals surface area contributed by atoms with Crippen molar-refractivity contribution in [2.75, 3.05) is 37.7 Å². The van der Waals surface area contributed by atoms with E-state index in [9.17, 15) is 4.79 Å². The summed E-state index contributed by atoms with van der Waals surface area (Å²) in [6.45, 7) is 6.65. The molecule has 0 atom stereocenters. The Bertz CT molecular complexity index is 918. The highest BCUT2D eigenvalue weighted by molar-refractivity contribution is 5.96. The van der Waals surface area contributed by atoms with Gasteiger partial charge in [-0.25, -0.2) is 4.79 Å². The number of carbonyl (C=O) groups is 1. The molecule has 4 rings (SSSR count). The molecule has 6 heteroatoms. The van der Waals surface area contributed by atoms with Crippen LogP contribution in [0.5, 0.6) is 0 Å². The zero-order valence-electron chi connectivity index (χ0n) is 15.9. The van der Waals surface area contributed by atoms with Crippen molar-refractivity contribution in [2.24, 2.45) is 0 Å². The molecular weight excluding hydrogens is 376 g/mol. The number of para-hydroxylation sites is 2. The molecule has 2 aromatic carbocycles. The molecule has 0 amide bonds.